The molecule has 5 nitrogen and oxygen atoms in total. The second kappa shape index (κ2) is 5.82. The van der Waals surface area contributed by atoms with Crippen LogP contribution in [0.1, 0.15) is 12.8 Å². The summed E-state index contributed by atoms with van der Waals surface area (Å²) in [6.07, 6.45) is -3.54. The quantitative estimate of drug-likeness (QED) is 0.915. The van der Waals surface area contributed by atoms with Crippen molar-refractivity contribution in [1.29, 1.82) is 0 Å². The Morgan fingerprint density at radius 1 is 1.38 bits per heavy atom. The van der Waals surface area contributed by atoms with Gasteiger partial charge < -0.3 is 10.5 Å². The number of benzene rings is 1. The zero-order chi connectivity index (χ0) is 15.7. The highest BCUT2D eigenvalue weighted by molar-refractivity contribution is 7.89. The number of alkyl halides is 3. The van der Waals surface area contributed by atoms with E-state index >= 15 is 0 Å². The molecular weight excluding hydrogens is 309 g/mol. The Bertz CT molecular complexity index is 604. The summed E-state index contributed by atoms with van der Waals surface area (Å²) in [5, 5.41) is 0. The van der Waals surface area contributed by atoms with Crippen molar-refractivity contribution < 1.29 is 26.3 Å². The van der Waals surface area contributed by atoms with Gasteiger partial charge in [0.05, 0.1) is 4.90 Å². The summed E-state index contributed by atoms with van der Waals surface area (Å²) in [6.45, 7) is 0.493. The standard InChI is InChI=1S/C12H15F3N2O3S/c13-12(14,15)20-10-4-1-5-11(7-10)21(18,19)17-6-2-3-9(17)8-16/h1,4-5,7,9H,2-3,6,8,16H2/t9-/m1/s1. The molecule has 0 amide bonds. The molecule has 1 aliphatic heterocycles. The number of hydrogen-bond donors (Lipinski definition) is 1. The van der Waals surface area contributed by atoms with Gasteiger partial charge in [-0.05, 0) is 25.0 Å². The monoisotopic (exact) mass is 324 g/mol. The van der Waals surface area contributed by atoms with Crippen LogP contribution in [0.25, 0.3) is 0 Å². The molecule has 118 valence electrons. The van der Waals surface area contributed by atoms with Crippen LogP contribution in [0.15, 0.2) is 29.2 Å². The fourth-order valence-corrected chi connectivity index (χ4v) is 4.07. The lowest BCUT2D eigenvalue weighted by atomic mass is 10.2. The number of halogens is 3. The predicted molar refractivity (Wildman–Crippen MR) is 69.1 cm³/mol. The van der Waals surface area contributed by atoms with E-state index < -0.39 is 22.1 Å². The average Bonchev–Trinajstić information content (AvgIpc) is 2.86. The molecule has 21 heavy (non-hydrogen) atoms. The van der Waals surface area contributed by atoms with Crippen molar-refractivity contribution in [2.45, 2.75) is 30.1 Å². The molecule has 1 heterocycles. The summed E-state index contributed by atoms with van der Waals surface area (Å²) < 4.78 is 66.5. The van der Waals surface area contributed by atoms with Gasteiger partial charge in [-0.25, -0.2) is 8.42 Å². The van der Waals surface area contributed by atoms with Crippen LogP contribution in [0.3, 0.4) is 0 Å². The van der Waals surface area contributed by atoms with Crippen molar-refractivity contribution in [1.82, 2.24) is 4.31 Å². The first-order chi connectivity index (χ1) is 9.74. The number of hydrogen-bond acceptors (Lipinski definition) is 4. The van der Waals surface area contributed by atoms with Gasteiger partial charge in [0.1, 0.15) is 5.75 Å². The van der Waals surface area contributed by atoms with E-state index in [1.54, 1.807) is 0 Å². The maximum Gasteiger partial charge on any atom is 0.573 e. The molecule has 0 aliphatic carbocycles. The van der Waals surface area contributed by atoms with Gasteiger partial charge in [-0.1, -0.05) is 6.07 Å². The maximum absolute atomic E-state index is 12.5. The first-order valence-corrected chi connectivity index (χ1v) is 7.76. The molecular formula is C12H15F3N2O3S. The van der Waals surface area contributed by atoms with Crippen LogP contribution in [0.4, 0.5) is 13.2 Å². The molecule has 9 heteroatoms. The molecule has 0 unspecified atom stereocenters. The second-order valence-corrected chi connectivity index (χ2v) is 6.56. The highest BCUT2D eigenvalue weighted by Crippen LogP contribution is 2.29. The van der Waals surface area contributed by atoms with E-state index in [0.717, 1.165) is 12.1 Å². The van der Waals surface area contributed by atoms with Crippen LogP contribution < -0.4 is 10.5 Å². The van der Waals surface area contributed by atoms with Gasteiger partial charge in [-0.2, -0.15) is 4.31 Å². The number of rotatable bonds is 4. The summed E-state index contributed by atoms with van der Waals surface area (Å²) in [4.78, 5) is -0.232. The SMILES string of the molecule is NC[C@H]1CCCN1S(=O)(=O)c1cccc(OC(F)(F)F)c1. The van der Waals surface area contributed by atoms with Crippen molar-refractivity contribution in [3.05, 3.63) is 24.3 Å². The molecule has 0 bridgehead atoms. The minimum atomic E-state index is -4.87. The zero-order valence-corrected chi connectivity index (χ0v) is 11.8. The molecule has 0 saturated carbocycles. The molecule has 0 radical (unpaired) electrons. The summed E-state index contributed by atoms with van der Waals surface area (Å²) >= 11 is 0. The van der Waals surface area contributed by atoms with Crippen molar-refractivity contribution in [3.8, 4) is 5.75 Å². The summed E-state index contributed by atoms with van der Waals surface area (Å²) in [6, 6.07) is 4.06. The van der Waals surface area contributed by atoms with Gasteiger partial charge in [0.15, 0.2) is 0 Å². The van der Waals surface area contributed by atoms with Gasteiger partial charge >= 0.3 is 6.36 Å². The summed E-state index contributed by atoms with van der Waals surface area (Å²) in [5.41, 5.74) is 5.53. The minimum Gasteiger partial charge on any atom is -0.406 e. The largest absolute Gasteiger partial charge is 0.573 e. The van der Waals surface area contributed by atoms with Crippen LogP contribution in [0.5, 0.6) is 5.75 Å². The number of nitrogens with zero attached hydrogens (tertiary/aromatic N) is 1. The van der Waals surface area contributed by atoms with Crippen molar-refractivity contribution in [3.63, 3.8) is 0 Å². The molecule has 2 N–H and O–H groups in total. The third-order valence-corrected chi connectivity index (χ3v) is 5.19. The maximum atomic E-state index is 12.5. The normalized spacial score (nSPS) is 20.7. The summed E-state index contributed by atoms with van der Waals surface area (Å²) in [5.74, 6) is -0.563. The fraction of sp³-hybridized carbons (Fsp3) is 0.500. The van der Waals surface area contributed by atoms with E-state index in [4.69, 9.17) is 5.73 Å². The Balaban J connectivity index is 2.30. The lowest BCUT2D eigenvalue weighted by molar-refractivity contribution is -0.274. The molecule has 1 atom stereocenters. The first kappa shape index (κ1) is 16.1. The Morgan fingerprint density at radius 2 is 2.10 bits per heavy atom. The smallest absolute Gasteiger partial charge is 0.406 e. The van der Waals surface area contributed by atoms with Crippen molar-refractivity contribution in [2.24, 2.45) is 5.73 Å². The van der Waals surface area contributed by atoms with Gasteiger partial charge in [0.2, 0.25) is 10.0 Å². The molecule has 0 aromatic heterocycles. The minimum absolute atomic E-state index is 0.179. The van der Waals surface area contributed by atoms with Crippen molar-refractivity contribution in [2.75, 3.05) is 13.1 Å². The van der Waals surface area contributed by atoms with Gasteiger partial charge in [-0.3, -0.25) is 0 Å². The van der Waals surface area contributed by atoms with Crippen molar-refractivity contribution >= 4 is 10.0 Å². The van der Waals surface area contributed by atoms with Crippen LogP contribution >= 0.6 is 0 Å². The Labute approximate surface area is 120 Å². The van der Waals surface area contributed by atoms with Gasteiger partial charge in [-0.15, -0.1) is 13.2 Å². The Kier molecular flexibility index (Phi) is 4.45. The second-order valence-electron chi connectivity index (χ2n) is 4.67. The number of sulfonamides is 1. The van der Waals surface area contributed by atoms with Crippen LogP contribution in [-0.4, -0.2) is 38.2 Å². The molecule has 1 fully saturated rings. The molecule has 1 aromatic rings. The third-order valence-electron chi connectivity index (χ3n) is 3.24. The molecule has 1 aliphatic rings. The molecule has 1 aromatic carbocycles. The number of nitrogens with two attached hydrogens (primary N) is 1. The van der Waals surface area contributed by atoms with Gasteiger partial charge in [0, 0.05) is 25.2 Å². The summed E-state index contributed by atoms with van der Waals surface area (Å²) in [7, 11) is -3.87. The van der Waals surface area contributed by atoms with E-state index in [2.05, 4.69) is 4.74 Å². The third kappa shape index (κ3) is 3.66. The first-order valence-electron chi connectivity index (χ1n) is 6.32. The van der Waals surface area contributed by atoms with E-state index in [1.807, 2.05) is 0 Å². The zero-order valence-electron chi connectivity index (χ0n) is 11.0. The van der Waals surface area contributed by atoms with E-state index in [1.165, 1.54) is 16.4 Å². The van der Waals surface area contributed by atoms with Crippen LogP contribution in [-0.2, 0) is 10.0 Å². The predicted octanol–water partition coefficient (Wildman–Crippen LogP) is 1.70. The highest BCUT2D eigenvalue weighted by Gasteiger charge is 2.35. The van der Waals surface area contributed by atoms with Crippen LogP contribution in [0.2, 0.25) is 0 Å². The van der Waals surface area contributed by atoms with E-state index in [9.17, 15) is 21.6 Å². The molecule has 2 rings (SSSR count). The van der Waals surface area contributed by atoms with E-state index in [0.29, 0.717) is 19.4 Å². The highest BCUT2D eigenvalue weighted by atomic mass is 32.2. The Morgan fingerprint density at radius 3 is 2.71 bits per heavy atom. The molecule has 1 saturated heterocycles. The number of ether oxygens (including phenoxy) is 1. The van der Waals surface area contributed by atoms with Gasteiger partial charge in [0.25, 0.3) is 0 Å². The van der Waals surface area contributed by atoms with E-state index in [-0.39, 0.29) is 17.5 Å². The lowest BCUT2D eigenvalue weighted by Gasteiger charge is -2.23. The molecule has 0 spiro atoms. The average molecular weight is 324 g/mol. The topological polar surface area (TPSA) is 72.6 Å². The fourth-order valence-electron chi connectivity index (χ4n) is 2.33. The van der Waals surface area contributed by atoms with Crippen LogP contribution in [0, 0.1) is 0 Å². The lowest BCUT2D eigenvalue weighted by Crippen LogP contribution is -2.39. The Hall–Kier alpha value is -1.32.